The van der Waals surface area contributed by atoms with E-state index in [1.807, 2.05) is 12.1 Å². The van der Waals surface area contributed by atoms with Crippen molar-refractivity contribution in [3.8, 4) is 0 Å². The first-order chi connectivity index (χ1) is 10.2. The van der Waals surface area contributed by atoms with Crippen molar-refractivity contribution < 1.29 is 4.79 Å². The van der Waals surface area contributed by atoms with Crippen LogP contribution in [0, 0.1) is 5.92 Å². The van der Waals surface area contributed by atoms with Gasteiger partial charge in [-0.05, 0) is 22.3 Å². The maximum atomic E-state index is 12.3. The molecule has 0 saturated heterocycles. The van der Waals surface area contributed by atoms with Crippen molar-refractivity contribution in [3.63, 3.8) is 0 Å². The lowest BCUT2D eigenvalue weighted by atomic mass is 9.91. The average Bonchev–Trinajstić information content (AvgIpc) is 2.51. The van der Waals surface area contributed by atoms with E-state index in [2.05, 4.69) is 44.2 Å². The van der Waals surface area contributed by atoms with Crippen LogP contribution in [0.3, 0.4) is 0 Å². The molecule has 2 aromatic carbocycles. The zero-order chi connectivity index (χ0) is 15.1. The number of ketones is 1. The monoisotopic (exact) mass is 282 g/mol. The van der Waals surface area contributed by atoms with Crippen LogP contribution in [0.25, 0.3) is 10.8 Å². The molecule has 112 valence electrons. The van der Waals surface area contributed by atoms with Crippen molar-refractivity contribution >= 4 is 16.6 Å². The second-order valence-electron chi connectivity index (χ2n) is 6.02. The van der Waals surface area contributed by atoms with Crippen LogP contribution in [0.5, 0.6) is 0 Å². The molecule has 0 saturated carbocycles. The molecule has 2 aromatic rings. The lowest BCUT2D eigenvalue weighted by Crippen LogP contribution is -2.10. The van der Waals surface area contributed by atoms with Gasteiger partial charge in [-0.15, -0.1) is 0 Å². The Hall–Kier alpha value is -1.63. The summed E-state index contributed by atoms with van der Waals surface area (Å²) in [4.78, 5) is 12.3. The van der Waals surface area contributed by atoms with Gasteiger partial charge in [0.1, 0.15) is 5.78 Å². The molecule has 2 rings (SSSR count). The Bertz CT molecular complexity index is 585. The fourth-order valence-electron chi connectivity index (χ4n) is 2.91. The molecule has 1 unspecified atom stereocenters. The summed E-state index contributed by atoms with van der Waals surface area (Å²) in [6.45, 7) is 4.41. The fourth-order valence-corrected chi connectivity index (χ4v) is 2.91. The van der Waals surface area contributed by atoms with Gasteiger partial charge in [0.05, 0.1) is 0 Å². The molecular formula is C20H26O. The Kier molecular flexibility index (Phi) is 5.98. The molecule has 0 radical (unpaired) electrons. The second-order valence-corrected chi connectivity index (χ2v) is 6.02. The number of fused-ring (bicyclic) bond motifs is 1. The summed E-state index contributed by atoms with van der Waals surface area (Å²) >= 11 is 0. The highest BCUT2D eigenvalue weighted by Gasteiger charge is 2.12. The lowest BCUT2D eigenvalue weighted by molar-refractivity contribution is -0.119. The molecule has 0 aliphatic carbocycles. The molecule has 0 N–H and O–H groups in total. The third kappa shape index (κ3) is 4.70. The van der Waals surface area contributed by atoms with Crippen molar-refractivity contribution in [2.45, 2.75) is 52.4 Å². The van der Waals surface area contributed by atoms with Gasteiger partial charge in [0.15, 0.2) is 0 Å². The van der Waals surface area contributed by atoms with Crippen molar-refractivity contribution in [3.05, 3.63) is 48.0 Å². The van der Waals surface area contributed by atoms with E-state index < -0.39 is 0 Å². The second kappa shape index (κ2) is 7.97. The molecule has 0 aliphatic heterocycles. The van der Waals surface area contributed by atoms with E-state index in [4.69, 9.17) is 0 Å². The predicted molar refractivity (Wildman–Crippen MR) is 90.6 cm³/mol. The number of hydrogen-bond donors (Lipinski definition) is 0. The highest BCUT2D eigenvalue weighted by molar-refractivity contribution is 5.86. The van der Waals surface area contributed by atoms with Crippen LogP contribution in [0.2, 0.25) is 0 Å². The molecule has 0 amide bonds. The molecule has 1 atom stereocenters. The Morgan fingerprint density at radius 1 is 1.05 bits per heavy atom. The minimum Gasteiger partial charge on any atom is -0.299 e. The van der Waals surface area contributed by atoms with Gasteiger partial charge in [-0.1, -0.05) is 82.0 Å². The first-order valence-corrected chi connectivity index (χ1v) is 8.22. The van der Waals surface area contributed by atoms with Crippen LogP contribution in [0.4, 0.5) is 0 Å². The van der Waals surface area contributed by atoms with Crippen LogP contribution in [0.15, 0.2) is 42.5 Å². The van der Waals surface area contributed by atoms with E-state index in [1.54, 1.807) is 0 Å². The third-order valence-corrected chi connectivity index (χ3v) is 4.27. The smallest absolute Gasteiger partial charge is 0.137 e. The zero-order valence-corrected chi connectivity index (χ0v) is 13.3. The predicted octanol–water partition coefficient (Wildman–Crippen LogP) is 5.56. The van der Waals surface area contributed by atoms with E-state index in [-0.39, 0.29) is 0 Å². The highest BCUT2D eigenvalue weighted by atomic mass is 16.1. The van der Waals surface area contributed by atoms with E-state index in [1.165, 1.54) is 30.0 Å². The first-order valence-electron chi connectivity index (χ1n) is 8.22. The van der Waals surface area contributed by atoms with Gasteiger partial charge in [-0.3, -0.25) is 4.79 Å². The molecule has 0 fully saturated rings. The standard InChI is InChI=1S/C20H26O/c1-3-5-8-16(4-2)14-20(21)15-17-11-12-18-9-6-7-10-19(18)13-17/h6-7,9-13,16H,3-5,8,14-15H2,1-2H3. The van der Waals surface area contributed by atoms with Crippen molar-refractivity contribution in [1.82, 2.24) is 0 Å². The quantitative estimate of drug-likeness (QED) is 0.619. The van der Waals surface area contributed by atoms with Gasteiger partial charge >= 0.3 is 0 Å². The number of carbonyl (C=O) groups excluding carboxylic acids is 1. The minimum absolute atomic E-state index is 0.383. The van der Waals surface area contributed by atoms with Crippen LogP contribution < -0.4 is 0 Å². The molecule has 1 nitrogen and oxygen atoms in total. The molecule has 0 spiro atoms. The summed E-state index contributed by atoms with van der Waals surface area (Å²) < 4.78 is 0. The molecule has 0 aromatic heterocycles. The van der Waals surface area contributed by atoms with Gasteiger partial charge < -0.3 is 0 Å². The van der Waals surface area contributed by atoms with E-state index in [9.17, 15) is 4.79 Å². The number of Topliss-reactive ketones (excluding diaryl/α,β-unsaturated/α-hetero) is 1. The third-order valence-electron chi connectivity index (χ3n) is 4.27. The van der Waals surface area contributed by atoms with Gasteiger partial charge in [0.2, 0.25) is 0 Å². The number of hydrogen-bond acceptors (Lipinski definition) is 1. The molecule has 1 heteroatoms. The van der Waals surface area contributed by atoms with Crippen molar-refractivity contribution in [1.29, 1.82) is 0 Å². The Labute approximate surface area is 128 Å². The molecular weight excluding hydrogens is 256 g/mol. The van der Waals surface area contributed by atoms with Crippen LogP contribution >= 0.6 is 0 Å². The summed E-state index contributed by atoms with van der Waals surface area (Å²) in [5, 5.41) is 2.46. The number of benzene rings is 2. The molecule has 0 bridgehead atoms. The van der Waals surface area contributed by atoms with Crippen LogP contribution in [-0.2, 0) is 11.2 Å². The van der Waals surface area contributed by atoms with Crippen LogP contribution in [-0.4, -0.2) is 5.78 Å². The van der Waals surface area contributed by atoms with Gasteiger partial charge in [0.25, 0.3) is 0 Å². The van der Waals surface area contributed by atoms with E-state index in [0.717, 1.165) is 18.4 Å². The molecule has 21 heavy (non-hydrogen) atoms. The van der Waals surface area contributed by atoms with Gasteiger partial charge in [-0.2, -0.15) is 0 Å². The summed E-state index contributed by atoms with van der Waals surface area (Å²) in [5.41, 5.74) is 1.14. The highest BCUT2D eigenvalue weighted by Crippen LogP contribution is 2.20. The topological polar surface area (TPSA) is 17.1 Å². The maximum Gasteiger partial charge on any atom is 0.137 e. The van der Waals surface area contributed by atoms with E-state index in [0.29, 0.717) is 18.1 Å². The lowest BCUT2D eigenvalue weighted by Gasteiger charge is -2.13. The number of rotatable bonds is 8. The summed E-state index contributed by atoms with van der Waals surface area (Å²) in [6.07, 6.45) is 6.08. The summed E-state index contributed by atoms with van der Waals surface area (Å²) in [5.74, 6) is 0.950. The minimum atomic E-state index is 0.383. The number of unbranched alkanes of at least 4 members (excludes halogenated alkanes) is 1. The summed E-state index contributed by atoms with van der Waals surface area (Å²) in [6, 6.07) is 14.7. The van der Waals surface area contributed by atoms with Crippen LogP contribution in [0.1, 0.15) is 51.5 Å². The zero-order valence-electron chi connectivity index (χ0n) is 13.3. The van der Waals surface area contributed by atoms with Crippen molar-refractivity contribution in [2.24, 2.45) is 5.92 Å². The largest absolute Gasteiger partial charge is 0.299 e. The Morgan fingerprint density at radius 2 is 1.81 bits per heavy atom. The fraction of sp³-hybridized carbons (Fsp3) is 0.450. The molecule has 0 heterocycles. The SMILES string of the molecule is CCCCC(CC)CC(=O)Cc1ccc2ccccc2c1. The van der Waals surface area contributed by atoms with Gasteiger partial charge in [-0.25, -0.2) is 0 Å². The normalized spacial score (nSPS) is 12.5. The number of carbonyl (C=O) groups is 1. The van der Waals surface area contributed by atoms with E-state index >= 15 is 0 Å². The Morgan fingerprint density at radius 3 is 2.52 bits per heavy atom. The first kappa shape index (κ1) is 15.8. The average molecular weight is 282 g/mol. The van der Waals surface area contributed by atoms with Gasteiger partial charge in [0, 0.05) is 12.8 Å². The molecule has 0 aliphatic rings. The maximum absolute atomic E-state index is 12.3. The van der Waals surface area contributed by atoms with Crippen molar-refractivity contribution in [2.75, 3.05) is 0 Å². The summed E-state index contributed by atoms with van der Waals surface area (Å²) in [7, 11) is 0. The Balaban J connectivity index is 1.97.